The first-order valence-corrected chi connectivity index (χ1v) is 7.94. The summed E-state index contributed by atoms with van der Waals surface area (Å²) in [6.07, 6.45) is 0.708. The third-order valence-electron chi connectivity index (χ3n) is 3.25. The van der Waals surface area contributed by atoms with E-state index in [1.165, 1.54) is 0 Å². The van der Waals surface area contributed by atoms with Gasteiger partial charge in [-0.3, -0.25) is 0 Å². The summed E-state index contributed by atoms with van der Waals surface area (Å²) < 4.78 is 22.9. The second kappa shape index (κ2) is 6.60. The van der Waals surface area contributed by atoms with Crippen LogP contribution < -0.4 is 5.32 Å². The van der Waals surface area contributed by atoms with Gasteiger partial charge in [0.15, 0.2) is 9.84 Å². The Morgan fingerprint density at radius 3 is 2.19 bits per heavy atom. The van der Waals surface area contributed by atoms with Crippen molar-refractivity contribution in [3.05, 3.63) is 0 Å². The van der Waals surface area contributed by atoms with E-state index >= 15 is 0 Å². The smallest absolute Gasteiger partial charge is 0.151 e. The quantitative estimate of drug-likeness (QED) is 0.670. The van der Waals surface area contributed by atoms with Crippen molar-refractivity contribution < 1.29 is 8.42 Å². The van der Waals surface area contributed by atoms with Gasteiger partial charge in [-0.2, -0.15) is 0 Å². The first-order chi connectivity index (χ1) is 7.21. The van der Waals surface area contributed by atoms with Crippen LogP contribution in [0.5, 0.6) is 0 Å². The molecule has 0 fully saturated rings. The lowest BCUT2D eigenvalue weighted by atomic mass is 9.81. The van der Waals surface area contributed by atoms with Gasteiger partial charge < -0.3 is 5.32 Å². The Bertz CT molecular complexity index is 281. The predicted octanol–water partition coefficient (Wildman–Crippen LogP) is 2.08. The van der Waals surface area contributed by atoms with Gasteiger partial charge in [0.05, 0.1) is 5.75 Å². The summed E-state index contributed by atoms with van der Waals surface area (Å²) in [4.78, 5) is 0. The minimum absolute atomic E-state index is 0.217. The Labute approximate surface area is 101 Å². The van der Waals surface area contributed by atoms with E-state index in [0.29, 0.717) is 24.6 Å². The van der Waals surface area contributed by atoms with Gasteiger partial charge in [-0.25, -0.2) is 8.42 Å². The zero-order valence-electron chi connectivity index (χ0n) is 11.3. The summed E-state index contributed by atoms with van der Waals surface area (Å²) >= 11 is 0. The van der Waals surface area contributed by atoms with Crippen molar-refractivity contribution in [3.63, 3.8) is 0 Å². The second-order valence-corrected chi connectivity index (χ2v) is 7.78. The maximum absolute atomic E-state index is 11.4. The molecule has 0 unspecified atom stereocenters. The molecule has 0 saturated heterocycles. The van der Waals surface area contributed by atoms with Crippen molar-refractivity contribution >= 4 is 9.84 Å². The maximum atomic E-state index is 11.4. The number of sulfone groups is 1. The zero-order chi connectivity index (χ0) is 12.8. The van der Waals surface area contributed by atoms with Crippen LogP contribution >= 0.6 is 0 Å². The minimum atomic E-state index is -2.83. The normalized spacial score (nSPS) is 13.4. The molecule has 0 heterocycles. The van der Waals surface area contributed by atoms with E-state index in [4.69, 9.17) is 0 Å². The van der Waals surface area contributed by atoms with E-state index in [9.17, 15) is 8.42 Å². The van der Waals surface area contributed by atoms with Gasteiger partial charge in [0.2, 0.25) is 0 Å². The van der Waals surface area contributed by atoms with E-state index in [1.807, 2.05) is 6.92 Å². The van der Waals surface area contributed by atoms with Crippen LogP contribution in [0.25, 0.3) is 0 Å². The molecule has 0 bridgehead atoms. The van der Waals surface area contributed by atoms with Crippen molar-refractivity contribution in [2.45, 2.75) is 41.0 Å². The van der Waals surface area contributed by atoms with Crippen LogP contribution in [0.15, 0.2) is 0 Å². The zero-order valence-corrected chi connectivity index (χ0v) is 12.2. The molecule has 16 heavy (non-hydrogen) atoms. The van der Waals surface area contributed by atoms with Crippen LogP contribution in [0.4, 0.5) is 0 Å². The standard InChI is InChI=1S/C12H27NO2S/c1-6-8-16(14,15)9-7-13-10-12(4,5)11(2)3/h11,13H,6-10H2,1-5H3. The lowest BCUT2D eigenvalue weighted by molar-refractivity contribution is 0.240. The topological polar surface area (TPSA) is 46.2 Å². The highest BCUT2D eigenvalue weighted by atomic mass is 32.2. The summed E-state index contributed by atoms with van der Waals surface area (Å²) in [5.41, 5.74) is 0.217. The molecule has 0 aromatic heterocycles. The highest BCUT2D eigenvalue weighted by Gasteiger charge is 2.21. The van der Waals surface area contributed by atoms with Crippen LogP contribution in [-0.4, -0.2) is 33.0 Å². The Kier molecular flexibility index (Phi) is 6.56. The fourth-order valence-electron chi connectivity index (χ4n) is 1.26. The summed E-state index contributed by atoms with van der Waals surface area (Å²) in [5.74, 6) is 1.16. The molecule has 0 aliphatic heterocycles. The van der Waals surface area contributed by atoms with Crippen LogP contribution in [0.1, 0.15) is 41.0 Å². The molecule has 0 aliphatic rings. The van der Waals surface area contributed by atoms with Crippen LogP contribution in [0, 0.1) is 11.3 Å². The summed E-state index contributed by atoms with van der Waals surface area (Å²) in [6.45, 7) is 12.1. The molecule has 1 N–H and O–H groups in total. The van der Waals surface area contributed by atoms with Crippen LogP contribution in [0.2, 0.25) is 0 Å². The summed E-state index contributed by atoms with van der Waals surface area (Å²) in [5, 5.41) is 3.24. The molecule has 0 radical (unpaired) electrons. The van der Waals surface area contributed by atoms with Gasteiger partial charge in [-0.15, -0.1) is 0 Å². The monoisotopic (exact) mass is 249 g/mol. The SMILES string of the molecule is CCCS(=O)(=O)CCNCC(C)(C)C(C)C. The Hall–Kier alpha value is -0.0900. The minimum Gasteiger partial charge on any atom is -0.315 e. The molecular formula is C12H27NO2S. The first-order valence-electron chi connectivity index (χ1n) is 6.12. The van der Waals surface area contributed by atoms with Gasteiger partial charge in [0.25, 0.3) is 0 Å². The molecule has 3 nitrogen and oxygen atoms in total. The van der Waals surface area contributed by atoms with E-state index in [-0.39, 0.29) is 11.2 Å². The molecule has 4 heteroatoms. The largest absolute Gasteiger partial charge is 0.315 e. The maximum Gasteiger partial charge on any atom is 0.151 e. The Balaban J connectivity index is 3.85. The Morgan fingerprint density at radius 2 is 1.75 bits per heavy atom. The molecular weight excluding hydrogens is 222 g/mol. The van der Waals surface area contributed by atoms with Gasteiger partial charge in [0.1, 0.15) is 0 Å². The molecule has 0 aromatic carbocycles. The van der Waals surface area contributed by atoms with Gasteiger partial charge in [-0.1, -0.05) is 34.6 Å². The van der Waals surface area contributed by atoms with Crippen LogP contribution in [0.3, 0.4) is 0 Å². The fraction of sp³-hybridized carbons (Fsp3) is 1.00. The lowest BCUT2D eigenvalue weighted by Crippen LogP contribution is -2.36. The van der Waals surface area contributed by atoms with E-state index < -0.39 is 9.84 Å². The molecule has 0 aliphatic carbocycles. The molecule has 0 rings (SSSR count). The molecule has 98 valence electrons. The van der Waals surface area contributed by atoms with Crippen molar-refractivity contribution in [3.8, 4) is 0 Å². The summed E-state index contributed by atoms with van der Waals surface area (Å²) in [7, 11) is -2.83. The van der Waals surface area contributed by atoms with Crippen molar-refractivity contribution in [2.24, 2.45) is 11.3 Å². The van der Waals surface area contributed by atoms with Gasteiger partial charge >= 0.3 is 0 Å². The van der Waals surface area contributed by atoms with E-state index in [0.717, 1.165) is 6.54 Å². The number of hydrogen-bond donors (Lipinski definition) is 1. The van der Waals surface area contributed by atoms with Crippen LogP contribution in [-0.2, 0) is 9.84 Å². The van der Waals surface area contributed by atoms with Crippen molar-refractivity contribution in [1.29, 1.82) is 0 Å². The highest BCUT2D eigenvalue weighted by molar-refractivity contribution is 7.91. The predicted molar refractivity (Wildman–Crippen MR) is 70.4 cm³/mol. The van der Waals surface area contributed by atoms with Crippen molar-refractivity contribution in [2.75, 3.05) is 24.6 Å². The Morgan fingerprint density at radius 1 is 1.19 bits per heavy atom. The third-order valence-corrected chi connectivity index (χ3v) is 5.10. The average Bonchev–Trinajstić information content (AvgIpc) is 2.12. The number of hydrogen-bond acceptors (Lipinski definition) is 3. The van der Waals surface area contributed by atoms with Gasteiger partial charge in [0, 0.05) is 18.8 Å². The first kappa shape index (κ1) is 15.9. The van der Waals surface area contributed by atoms with E-state index in [2.05, 4.69) is 33.0 Å². The number of rotatable bonds is 8. The fourth-order valence-corrected chi connectivity index (χ4v) is 2.54. The molecule has 0 spiro atoms. The molecule has 0 amide bonds. The molecule has 0 aromatic rings. The van der Waals surface area contributed by atoms with E-state index in [1.54, 1.807) is 0 Å². The summed E-state index contributed by atoms with van der Waals surface area (Å²) in [6, 6.07) is 0. The molecule has 0 saturated carbocycles. The third kappa shape index (κ3) is 6.48. The molecule has 0 atom stereocenters. The second-order valence-electron chi connectivity index (χ2n) is 5.47. The highest BCUT2D eigenvalue weighted by Crippen LogP contribution is 2.24. The lowest BCUT2D eigenvalue weighted by Gasteiger charge is -2.29. The van der Waals surface area contributed by atoms with Gasteiger partial charge in [-0.05, 0) is 17.8 Å². The van der Waals surface area contributed by atoms with Crippen molar-refractivity contribution in [1.82, 2.24) is 5.32 Å². The average molecular weight is 249 g/mol. The number of nitrogens with one attached hydrogen (secondary N) is 1.